The molecular weight excluding hydrogens is 400 g/mol. The van der Waals surface area contributed by atoms with E-state index < -0.39 is 16.1 Å². The number of aryl methyl sites for hydroxylation is 2. The molecule has 162 valence electrons. The summed E-state index contributed by atoms with van der Waals surface area (Å²) in [6.45, 7) is 3.51. The first-order chi connectivity index (χ1) is 14.2. The topological polar surface area (TPSA) is 75.7 Å². The molecule has 2 aromatic carbocycles. The van der Waals surface area contributed by atoms with Crippen molar-refractivity contribution in [3.05, 3.63) is 59.2 Å². The summed E-state index contributed by atoms with van der Waals surface area (Å²) in [5.41, 5.74) is 4.16. The highest BCUT2D eigenvalue weighted by molar-refractivity contribution is 7.92. The quantitative estimate of drug-likeness (QED) is 0.728. The lowest BCUT2D eigenvalue weighted by molar-refractivity contribution is -0.122. The number of benzene rings is 2. The summed E-state index contributed by atoms with van der Waals surface area (Å²) >= 11 is 0. The lowest BCUT2D eigenvalue weighted by atomic mass is 9.89. The molecule has 0 spiro atoms. The summed E-state index contributed by atoms with van der Waals surface area (Å²) in [5, 5.41) is 2.98. The number of methoxy groups -OCH3 is 1. The molecule has 0 bridgehead atoms. The Morgan fingerprint density at radius 1 is 1.07 bits per heavy atom. The molecule has 0 radical (unpaired) electrons. The predicted molar refractivity (Wildman–Crippen MR) is 119 cm³/mol. The van der Waals surface area contributed by atoms with Crippen LogP contribution in [0.3, 0.4) is 0 Å². The van der Waals surface area contributed by atoms with Crippen LogP contribution in [0.2, 0.25) is 0 Å². The molecule has 30 heavy (non-hydrogen) atoms. The number of sulfonamides is 1. The van der Waals surface area contributed by atoms with Gasteiger partial charge in [-0.05, 0) is 68.4 Å². The number of hydrogen-bond acceptors (Lipinski definition) is 4. The first-order valence-electron chi connectivity index (χ1n) is 10.3. The second kappa shape index (κ2) is 9.08. The Kier molecular flexibility index (Phi) is 6.71. The van der Waals surface area contributed by atoms with Gasteiger partial charge in [-0.25, -0.2) is 8.42 Å². The molecule has 7 heteroatoms. The molecule has 0 heterocycles. The largest absolute Gasteiger partial charge is 0.497 e. The number of amides is 1. The number of carbonyl (C=O) groups is 1. The van der Waals surface area contributed by atoms with E-state index in [1.165, 1.54) is 31.1 Å². The van der Waals surface area contributed by atoms with E-state index in [9.17, 15) is 13.2 Å². The number of hydrogen-bond donors (Lipinski definition) is 1. The third kappa shape index (κ3) is 4.95. The fourth-order valence-corrected chi connectivity index (χ4v) is 5.16. The summed E-state index contributed by atoms with van der Waals surface area (Å²) < 4.78 is 31.3. The summed E-state index contributed by atoms with van der Waals surface area (Å²) in [7, 11) is -2.17. The maximum atomic E-state index is 13.0. The Morgan fingerprint density at radius 3 is 2.43 bits per heavy atom. The molecule has 0 fully saturated rings. The monoisotopic (exact) mass is 430 g/mol. The molecule has 0 aromatic heterocycles. The average Bonchev–Trinajstić information content (AvgIpc) is 2.72. The molecule has 1 amide bonds. The number of anilines is 1. The van der Waals surface area contributed by atoms with E-state index in [4.69, 9.17) is 4.74 Å². The Hall–Kier alpha value is -2.54. The van der Waals surface area contributed by atoms with Gasteiger partial charge in [0, 0.05) is 6.07 Å². The second-order valence-corrected chi connectivity index (χ2v) is 9.76. The van der Waals surface area contributed by atoms with Gasteiger partial charge in [-0.15, -0.1) is 0 Å². The minimum atomic E-state index is -3.68. The van der Waals surface area contributed by atoms with E-state index in [0.29, 0.717) is 11.4 Å². The summed E-state index contributed by atoms with van der Waals surface area (Å²) in [4.78, 5) is 13.0. The smallest absolute Gasteiger partial charge is 0.244 e. The second-order valence-electron chi connectivity index (χ2n) is 7.90. The van der Waals surface area contributed by atoms with Gasteiger partial charge in [-0.2, -0.15) is 0 Å². The van der Waals surface area contributed by atoms with Crippen molar-refractivity contribution >= 4 is 21.6 Å². The van der Waals surface area contributed by atoms with Crippen molar-refractivity contribution in [2.24, 2.45) is 0 Å². The Morgan fingerprint density at radius 2 is 1.77 bits per heavy atom. The standard InChI is InChI=1S/C23H30N2O4S/c1-16(19-13-12-18-8-5-6-9-20(18)14-19)24-23(26)17(2)25(30(4,27)28)21-10-7-11-22(15-21)29-3/h7,10-17H,5-6,8-9H2,1-4H3,(H,24,26)/t16-,17+/m0/s1. The highest BCUT2D eigenvalue weighted by atomic mass is 32.2. The normalized spacial score (nSPS) is 15.6. The molecule has 1 aliphatic carbocycles. The maximum absolute atomic E-state index is 13.0. The zero-order chi connectivity index (χ0) is 21.9. The van der Waals surface area contributed by atoms with E-state index in [1.54, 1.807) is 31.2 Å². The van der Waals surface area contributed by atoms with Crippen LogP contribution in [0.15, 0.2) is 42.5 Å². The molecule has 0 saturated heterocycles. The van der Waals surface area contributed by atoms with Crippen molar-refractivity contribution in [2.75, 3.05) is 17.7 Å². The Balaban J connectivity index is 1.80. The third-order valence-corrected chi connectivity index (χ3v) is 6.87. The zero-order valence-electron chi connectivity index (χ0n) is 18.0. The molecule has 1 aliphatic rings. The van der Waals surface area contributed by atoms with Gasteiger partial charge >= 0.3 is 0 Å². The fraction of sp³-hybridized carbons (Fsp3) is 0.435. The van der Waals surface area contributed by atoms with Gasteiger partial charge in [0.05, 0.1) is 25.1 Å². The Bertz CT molecular complexity index is 1020. The molecule has 2 aromatic rings. The van der Waals surface area contributed by atoms with Crippen LogP contribution in [-0.2, 0) is 27.7 Å². The third-order valence-electron chi connectivity index (χ3n) is 5.63. The summed E-state index contributed by atoms with van der Waals surface area (Å²) in [6.07, 6.45) is 5.69. The van der Waals surface area contributed by atoms with Gasteiger partial charge in [-0.1, -0.05) is 24.3 Å². The first kappa shape index (κ1) is 22.2. The number of ether oxygens (including phenoxy) is 1. The highest BCUT2D eigenvalue weighted by Gasteiger charge is 2.30. The maximum Gasteiger partial charge on any atom is 0.244 e. The molecule has 0 unspecified atom stereocenters. The van der Waals surface area contributed by atoms with Gasteiger partial charge in [0.15, 0.2) is 0 Å². The molecule has 2 atom stereocenters. The van der Waals surface area contributed by atoms with Crippen LogP contribution >= 0.6 is 0 Å². The van der Waals surface area contributed by atoms with E-state index in [-0.39, 0.29) is 11.9 Å². The van der Waals surface area contributed by atoms with Crippen LogP contribution in [0.5, 0.6) is 5.75 Å². The SMILES string of the molecule is COc1cccc(N([C@H](C)C(=O)N[C@@H](C)c2ccc3c(c2)CCCC3)S(C)(=O)=O)c1. The number of rotatable bonds is 7. The minimum Gasteiger partial charge on any atom is -0.497 e. The molecule has 3 rings (SSSR count). The van der Waals surface area contributed by atoms with Crippen molar-refractivity contribution < 1.29 is 17.9 Å². The highest BCUT2D eigenvalue weighted by Crippen LogP contribution is 2.27. The first-order valence-corrected chi connectivity index (χ1v) is 12.1. The molecule has 1 N–H and O–H groups in total. The van der Waals surface area contributed by atoms with Gasteiger partial charge in [0.1, 0.15) is 11.8 Å². The predicted octanol–water partition coefficient (Wildman–Crippen LogP) is 3.61. The molecule has 6 nitrogen and oxygen atoms in total. The molecular formula is C23H30N2O4S. The van der Waals surface area contributed by atoms with E-state index in [0.717, 1.165) is 29.0 Å². The lowest BCUT2D eigenvalue weighted by Gasteiger charge is -2.29. The summed E-state index contributed by atoms with van der Waals surface area (Å²) in [6, 6.07) is 11.9. The summed E-state index contributed by atoms with van der Waals surface area (Å²) in [5.74, 6) is 0.171. The minimum absolute atomic E-state index is 0.223. The zero-order valence-corrected chi connectivity index (χ0v) is 18.8. The lowest BCUT2D eigenvalue weighted by Crippen LogP contribution is -2.48. The van der Waals surface area contributed by atoms with Gasteiger partial charge in [0.2, 0.25) is 15.9 Å². The molecule has 0 saturated carbocycles. The fourth-order valence-electron chi connectivity index (χ4n) is 4.00. The van der Waals surface area contributed by atoms with Crippen LogP contribution in [0.1, 0.15) is 49.4 Å². The van der Waals surface area contributed by atoms with Crippen LogP contribution in [0.4, 0.5) is 5.69 Å². The van der Waals surface area contributed by atoms with Crippen LogP contribution in [0.25, 0.3) is 0 Å². The van der Waals surface area contributed by atoms with E-state index in [1.807, 2.05) is 6.92 Å². The van der Waals surface area contributed by atoms with Gasteiger partial charge < -0.3 is 10.1 Å². The average molecular weight is 431 g/mol. The van der Waals surface area contributed by atoms with Gasteiger partial charge in [0.25, 0.3) is 0 Å². The number of fused-ring (bicyclic) bond motifs is 1. The van der Waals surface area contributed by atoms with E-state index >= 15 is 0 Å². The van der Waals surface area contributed by atoms with Crippen LogP contribution < -0.4 is 14.4 Å². The number of nitrogens with zero attached hydrogens (tertiary/aromatic N) is 1. The Labute approximate surface area is 179 Å². The number of nitrogens with one attached hydrogen (secondary N) is 1. The van der Waals surface area contributed by atoms with Crippen molar-refractivity contribution in [3.8, 4) is 5.75 Å². The van der Waals surface area contributed by atoms with Gasteiger partial charge in [-0.3, -0.25) is 9.10 Å². The van der Waals surface area contributed by atoms with E-state index in [2.05, 4.69) is 23.5 Å². The van der Waals surface area contributed by atoms with Crippen LogP contribution in [0, 0.1) is 0 Å². The van der Waals surface area contributed by atoms with Crippen molar-refractivity contribution in [1.82, 2.24) is 5.32 Å². The van der Waals surface area contributed by atoms with Crippen molar-refractivity contribution in [3.63, 3.8) is 0 Å². The number of carbonyl (C=O) groups excluding carboxylic acids is 1. The van der Waals surface area contributed by atoms with Crippen molar-refractivity contribution in [2.45, 2.75) is 51.6 Å². The van der Waals surface area contributed by atoms with Crippen molar-refractivity contribution in [1.29, 1.82) is 0 Å². The molecule has 0 aliphatic heterocycles. The van der Waals surface area contributed by atoms with Crippen LogP contribution in [-0.4, -0.2) is 33.7 Å².